The molecule has 4 aromatic heterocycles. The Kier molecular flexibility index (Phi) is 2.94. The van der Waals surface area contributed by atoms with Gasteiger partial charge in [-0.2, -0.15) is 10.2 Å². The maximum atomic E-state index is 6.45. The van der Waals surface area contributed by atoms with E-state index in [1.165, 1.54) is 0 Å². The van der Waals surface area contributed by atoms with E-state index in [-0.39, 0.29) is 0 Å². The zero-order chi connectivity index (χ0) is 17.0. The molecule has 0 bridgehead atoms. The van der Waals surface area contributed by atoms with Gasteiger partial charge in [-0.3, -0.25) is 0 Å². The second-order valence-electron chi connectivity index (χ2n) is 6.64. The number of fused-ring (bicyclic) bond motifs is 2. The molecule has 8 heteroatoms. The highest BCUT2D eigenvalue weighted by Gasteiger charge is 2.44. The smallest absolute Gasteiger partial charge is 0.169 e. The van der Waals surface area contributed by atoms with E-state index in [4.69, 9.17) is 5.73 Å². The Labute approximate surface area is 143 Å². The largest absolute Gasteiger partial charge is 0.319 e. The van der Waals surface area contributed by atoms with Gasteiger partial charge < -0.3 is 11.1 Å². The zero-order valence-electron chi connectivity index (χ0n) is 13.8. The maximum Gasteiger partial charge on any atom is 0.169 e. The van der Waals surface area contributed by atoms with E-state index in [1.807, 2.05) is 48.4 Å². The number of rotatable bonds is 3. The van der Waals surface area contributed by atoms with Crippen molar-refractivity contribution in [1.29, 1.82) is 0 Å². The number of aromatic nitrogens is 6. The minimum atomic E-state index is -0.444. The molecule has 0 spiro atoms. The number of nitrogens with two attached hydrogens (primary N) is 1. The molecule has 1 aliphatic carbocycles. The van der Waals surface area contributed by atoms with Gasteiger partial charge in [0.1, 0.15) is 0 Å². The molecule has 0 aliphatic heterocycles. The molecule has 4 aromatic rings. The SMILES string of the molecule is CNC1CC(N)(c2ncc3c(-c4ccc5nccn5n4)ccn3n2)C1. The molecule has 0 amide bonds. The molecular weight excluding hydrogens is 316 g/mol. The third kappa shape index (κ3) is 2.15. The molecule has 25 heavy (non-hydrogen) atoms. The summed E-state index contributed by atoms with van der Waals surface area (Å²) in [5, 5.41) is 12.5. The summed E-state index contributed by atoms with van der Waals surface area (Å²) in [6, 6.07) is 6.34. The van der Waals surface area contributed by atoms with E-state index in [1.54, 1.807) is 10.7 Å². The fourth-order valence-electron chi connectivity index (χ4n) is 3.51. The van der Waals surface area contributed by atoms with E-state index in [0.717, 1.165) is 35.3 Å². The van der Waals surface area contributed by atoms with Crippen molar-refractivity contribution < 1.29 is 0 Å². The maximum absolute atomic E-state index is 6.45. The first-order valence-electron chi connectivity index (χ1n) is 8.28. The number of nitrogens with zero attached hydrogens (tertiary/aromatic N) is 6. The molecule has 0 unspecified atom stereocenters. The van der Waals surface area contributed by atoms with Crippen LogP contribution < -0.4 is 11.1 Å². The predicted octanol–water partition coefficient (Wildman–Crippen LogP) is 0.975. The van der Waals surface area contributed by atoms with Crippen LogP contribution in [0.15, 0.2) is 43.0 Å². The lowest BCUT2D eigenvalue weighted by atomic mass is 9.73. The highest BCUT2D eigenvalue weighted by atomic mass is 15.3. The summed E-state index contributed by atoms with van der Waals surface area (Å²) in [6.45, 7) is 0. The quantitative estimate of drug-likeness (QED) is 0.579. The van der Waals surface area contributed by atoms with Crippen molar-refractivity contribution in [2.24, 2.45) is 5.73 Å². The molecule has 1 aliphatic rings. The van der Waals surface area contributed by atoms with Gasteiger partial charge >= 0.3 is 0 Å². The Balaban J connectivity index is 1.55. The van der Waals surface area contributed by atoms with E-state index >= 15 is 0 Å². The molecule has 3 N–H and O–H groups in total. The van der Waals surface area contributed by atoms with Gasteiger partial charge in [-0.1, -0.05) is 0 Å². The fourth-order valence-corrected chi connectivity index (χ4v) is 3.51. The van der Waals surface area contributed by atoms with Crippen LogP contribution in [0.4, 0.5) is 0 Å². The summed E-state index contributed by atoms with van der Waals surface area (Å²) in [5.74, 6) is 0.687. The van der Waals surface area contributed by atoms with E-state index in [2.05, 4.69) is 25.5 Å². The van der Waals surface area contributed by atoms with Crippen LogP contribution >= 0.6 is 0 Å². The molecule has 0 saturated heterocycles. The van der Waals surface area contributed by atoms with Gasteiger partial charge in [-0.05, 0) is 38.1 Å². The van der Waals surface area contributed by atoms with Crippen LogP contribution in [-0.4, -0.2) is 42.3 Å². The van der Waals surface area contributed by atoms with Crippen LogP contribution in [-0.2, 0) is 5.54 Å². The van der Waals surface area contributed by atoms with Gasteiger partial charge in [-0.15, -0.1) is 0 Å². The molecule has 126 valence electrons. The highest BCUT2D eigenvalue weighted by Crippen LogP contribution is 2.37. The van der Waals surface area contributed by atoms with Crippen LogP contribution in [0.25, 0.3) is 22.4 Å². The first-order chi connectivity index (χ1) is 12.2. The first-order valence-corrected chi connectivity index (χ1v) is 8.28. The molecule has 0 radical (unpaired) electrons. The van der Waals surface area contributed by atoms with Gasteiger partial charge in [0.2, 0.25) is 0 Å². The van der Waals surface area contributed by atoms with Gasteiger partial charge in [0.05, 0.1) is 22.9 Å². The second-order valence-corrected chi connectivity index (χ2v) is 6.64. The normalized spacial score (nSPS) is 23.2. The van der Waals surface area contributed by atoms with Crippen LogP contribution in [0.5, 0.6) is 0 Å². The van der Waals surface area contributed by atoms with Crippen molar-refractivity contribution in [2.45, 2.75) is 24.4 Å². The summed E-state index contributed by atoms with van der Waals surface area (Å²) in [4.78, 5) is 8.77. The Bertz CT molecular complexity index is 1070. The van der Waals surface area contributed by atoms with Crippen LogP contribution in [0.3, 0.4) is 0 Å². The standard InChI is InChI=1S/C17H18N8/c1-19-11-8-17(18,9-11)16-21-10-14-12(4-6-24(14)23-16)13-2-3-15-20-5-7-25(15)22-13/h2-7,10-11,19H,8-9,18H2,1H3. The lowest BCUT2D eigenvalue weighted by molar-refractivity contribution is 0.172. The Morgan fingerprint density at radius 1 is 1.12 bits per heavy atom. The third-order valence-corrected chi connectivity index (χ3v) is 5.02. The zero-order valence-corrected chi connectivity index (χ0v) is 13.8. The molecule has 1 fully saturated rings. The summed E-state index contributed by atoms with van der Waals surface area (Å²) < 4.78 is 3.59. The van der Waals surface area contributed by atoms with E-state index in [0.29, 0.717) is 11.9 Å². The van der Waals surface area contributed by atoms with Crippen molar-refractivity contribution in [3.63, 3.8) is 0 Å². The summed E-state index contributed by atoms with van der Waals surface area (Å²) >= 11 is 0. The summed E-state index contributed by atoms with van der Waals surface area (Å²) in [5.41, 5.74) is 9.56. The molecule has 1 saturated carbocycles. The van der Waals surface area contributed by atoms with Gasteiger partial charge in [-0.25, -0.2) is 19.0 Å². The number of hydrogen-bond acceptors (Lipinski definition) is 6. The number of imidazole rings is 1. The predicted molar refractivity (Wildman–Crippen MR) is 92.9 cm³/mol. The van der Waals surface area contributed by atoms with Crippen LogP contribution in [0, 0.1) is 0 Å². The molecular formula is C17H18N8. The first kappa shape index (κ1) is 14.5. The Morgan fingerprint density at radius 2 is 2.00 bits per heavy atom. The average molecular weight is 334 g/mol. The van der Waals surface area contributed by atoms with Gasteiger partial charge in [0, 0.05) is 30.2 Å². The third-order valence-electron chi connectivity index (χ3n) is 5.02. The van der Waals surface area contributed by atoms with Crippen molar-refractivity contribution in [1.82, 2.24) is 34.5 Å². The number of nitrogens with one attached hydrogen (secondary N) is 1. The monoisotopic (exact) mass is 334 g/mol. The van der Waals surface area contributed by atoms with E-state index in [9.17, 15) is 0 Å². The highest BCUT2D eigenvalue weighted by molar-refractivity contribution is 5.78. The van der Waals surface area contributed by atoms with Crippen molar-refractivity contribution in [2.75, 3.05) is 7.05 Å². The van der Waals surface area contributed by atoms with Crippen molar-refractivity contribution >= 4 is 11.2 Å². The fraction of sp³-hybridized carbons (Fsp3) is 0.294. The van der Waals surface area contributed by atoms with Crippen molar-refractivity contribution in [3.05, 3.63) is 48.8 Å². The molecule has 8 nitrogen and oxygen atoms in total. The Morgan fingerprint density at radius 3 is 2.84 bits per heavy atom. The van der Waals surface area contributed by atoms with Crippen molar-refractivity contribution in [3.8, 4) is 11.3 Å². The molecule has 4 heterocycles. The summed E-state index contributed by atoms with van der Waals surface area (Å²) in [7, 11) is 1.95. The lowest BCUT2D eigenvalue weighted by Gasteiger charge is -2.43. The molecule has 5 rings (SSSR count). The number of hydrogen-bond donors (Lipinski definition) is 2. The second kappa shape index (κ2) is 5.08. The minimum absolute atomic E-state index is 0.440. The summed E-state index contributed by atoms with van der Waals surface area (Å²) in [6.07, 6.45) is 9.02. The van der Waals surface area contributed by atoms with E-state index < -0.39 is 5.54 Å². The topological polar surface area (TPSA) is 98.4 Å². The molecule has 0 atom stereocenters. The average Bonchev–Trinajstić information content (AvgIpc) is 3.23. The molecule has 0 aromatic carbocycles. The Hall–Kier alpha value is -2.84. The minimum Gasteiger partial charge on any atom is -0.319 e. The van der Waals surface area contributed by atoms with Crippen LogP contribution in [0.2, 0.25) is 0 Å². The van der Waals surface area contributed by atoms with Gasteiger partial charge in [0.15, 0.2) is 11.5 Å². The van der Waals surface area contributed by atoms with Crippen LogP contribution in [0.1, 0.15) is 18.7 Å². The lowest BCUT2D eigenvalue weighted by Crippen LogP contribution is -2.57. The van der Waals surface area contributed by atoms with Gasteiger partial charge in [0.25, 0.3) is 0 Å².